The molecule has 0 aliphatic heterocycles. The molecule has 1 N–H and O–H groups in total. The van der Waals surface area contributed by atoms with E-state index in [9.17, 15) is 18.4 Å². The van der Waals surface area contributed by atoms with Crippen LogP contribution in [0.1, 0.15) is 20.3 Å². The highest BCUT2D eigenvalue weighted by atomic mass is 19.3. The molecule has 0 spiro atoms. The van der Waals surface area contributed by atoms with E-state index in [0.29, 0.717) is 0 Å². The molecule has 6 heteroatoms. The molecule has 0 heterocycles. The number of alkyl halides is 2. The minimum absolute atomic E-state index is 0.103. The summed E-state index contributed by atoms with van der Waals surface area (Å²) in [6, 6.07) is 0. The van der Waals surface area contributed by atoms with E-state index in [1.165, 1.54) is 13.8 Å². The van der Waals surface area contributed by atoms with Crippen LogP contribution in [0.2, 0.25) is 0 Å². The van der Waals surface area contributed by atoms with Crippen molar-refractivity contribution in [1.29, 1.82) is 0 Å². The SMILES string of the molecule is CCOC(=O)C(F)(F)C[CH]NC(C)=O. The molecule has 1 amide bonds. The summed E-state index contributed by atoms with van der Waals surface area (Å²) in [6.45, 7) is 3.35. The van der Waals surface area contributed by atoms with E-state index in [1.807, 2.05) is 5.32 Å². The molecule has 1 radical (unpaired) electrons. The maximum atomic E-state index is 12.8. The lowest BCUT2D eigenvalue weighted by atomic mass is 10.2. The maximum absolute atomic E-state index is 12.8. The first-order chi connectivity index (χ1) is 6.40. The fourth-order valence-corrected chi connectivity index (χ4v) is 0.643. The number of ether oxygens (including phenoxy) is 1. The molecule has 0 bridgehead atoms. The Hall–Kier alpha value is -1.20. The van der Waals surface area contributed by atoms with E-state index < -0.39 is 24.2 Å². The summed E-state index contributed by atoms with van der Waals surface area (Å²) < 4.78 is 29.7. The van der Waals surface area contributed by atoms with Crippen LogP contribution < -0.4 is 5.32 Å². The fraction of sp³-hybridized carbons (Fsp3) is 0.625. The van der Waals surface area contributed by atoms with Gasteiger partial charge in [-0.25, -0.2) is 4.79 Å². The zero-order chi connectivity index (χ0) is 11.2. The highest BCUT2D eigenvalue weighted by Crippen LogP contribution is 2.20. The molecule has 81 valence electrons. The van der Waals surface area contributed by atoms with Crippen LogP contribution in [0.15, 0.2) is 0 Å². The number of nitrogens with one attached hydrogen (secondary N) is 1. The summed E-state index contributed by atoms with van der Waals surface area (Å²) in [5, 5.41) is 2.05. The summed E-state index contributed by atoms with van der Waals surface area (Å²) in [5.74, 6) is -5.63. The number of amides is 1. The average molecular weight is 208 g/mol. The van der Waals surface area contributed by atoms with Gasteiger partial charge in [-0.05, 0) is 6.92 Å². The number of esters is 1. The van der Waals surface area contributed by atoms with Crippen molar-refractivity contribution >= 4 is 11.9 Å². The topological polar surface area (TPSA) is 55.4 Å². The minimum atomic E-state index is -3.58. The molecular formula is C8H12F2NO3. The lowest BCUT2D eigenvalue weighted by Gasteiger charge is -2.13. The predicted molar refractivity (Wildman–Crippen MR) is 44.3 cm³/mol. The van der Waals surface area contributed by atoms with E-state index in [0.717, 1.165) is 6.54 Å². The molecule has 0 fully saturated rings. The summed E-state index contributed by atoms with van der Waals surface area (Å²) in [6.07, 6.45) is -0.870. The van der Waals surface area contributed by atoms with Crippen molar-refractivity contribution < 1.29 is 23.1 Å². The Morgan fingerprint density at radius 3 is 2.50 bits per heavy atom. The van der Waals surface area contributed by atoms with E-state index in [2.05, 4.69) is 4.74 Å². The molecular weight excluding hydrogens is 196 g/mol. The molecule has 0 aromatic rings. The van der Waals surface area contributed by atoms with E-state index in [1.54, 1.807) is 0 Å². The number of carbonyl (C=O) groups excluding carboxylic acids is 2. The Labute approximate surface area is 80.6 Å². The molecule has 0 aromatic carbocycles. The second-order valence-electron chi connectivity index (χ2n) is 2.53. The van der Waals surface area contributed by atoms with Gasteiger partial charge in [0.1, 0.15) is 0 Å². The molecule has 4 nitrogen and oxygen atoms in total. The van der Waals surface area contributed by atoms with Gasteiger partial charge in [0.15, 0.2) is 0 Å². The van der Waals surface area contributed by atoms with E-state index in [-0.39, 0.29) is 6.61 Å². The third-order valence-corrected chi connectivity index (χ3v) is 1.24. The maximum Gasteiger partial charge on any atom is 0.377 e. The quantitative estimate of drug-likeness (QED) is 0.682. The van der Waals surface area contributed by atoms with Gasteiger partial charge in [0.25, 0.3) is 0 Å². The number of rotatable bonds is 5. The Balaban J connectivity index is 3.93. The Kier molecular flexibility index (Phi) is 5.04. The molecule has 0 aromatic heterocycles. The van der Waals surface area contributed by atoms with Gasteiger partial charge < -0.3 is 10.1 Å². The average Bonchev–Trinajstić information content (AvgIpc) is 2.03. The van der Waals surface area contributed by atoms with Gasteiger partial charge in [-0.15, -0.1) is 0 Å². The van der Waals surface area contributed by atoms with Gasteiger partial charge in [0, 0.05) is 13.3 Å². The van der Waals surface area contributed by atoms with Crippen molar-refractivity contribution in [2.75, 3.05) is 6.61 Å². The van der Waals surface area contributed by atoms with Crippen molar-refractivity contribution in [3.05, 3.63) is 6.54 Å². The van der Waals surface area contributed by atoms with Crippen molar-refractivity contribution in [3.63, 3.8) is 0 Å². The van der Waals surface area contributed by atoms with Gasteiger partial charge in [-0.2, -0.15) is 8.78 Å². The van der Waals surface area contributed by atoms with Crippen LogP contribution in [0, 0.1) is 6.54 Å². The van der Waals surface area contributed by atoms with Gasteiger partial charge in [-0.3, -0.25) is 4.79 Å². The lowest BCUT2D eigenvalue weighted by molar-refractivity contribution is -0.171. The summed E-state index contributed by atoms with van der Waals surface area (Å²) in [7, 11) is 0. The first-order valence-electron chi connectivity index (χ1n) is 4.04. The van der Waals surface area contributed by atoms with Crippen LogP contribution in [-0.4, -0.2) is 24.4 Å². The number of carbonyl (C=O) groups is 2. The van der Waals surface area contributed by atoms with Crippen LogP contribution in [0.3, 0.4) is 0 Å². The van der Waals surface area contributed by atoms with Gasteiger partial charge >= 0.3 is 11.9 Å². The van der Waals surface area contributed by atoms with Gasteiger partial charge in [-0.1, -0.05) is 0 Å². The Bertz CT molecular complexity index is 219. The normalized spacial score (nSPS) is 10.9. The summed E-state index contributed by atoms with van der Waals surface area (Å²) >= 11 is 0. The second-order valence-corrected chi connectivity index (χ2v) is 2.53. The molecule has 0 saturated heterocycles. The van der Waals surface area contributed by atoms with Crippen molar-refractivity contribution in [1.82, 2.24) is 5.32 Å². The monoisotopic (exact) mass is 208 g/mol. The largest absolute Gasteiger partial charge is 0.462 e. The first kappa shape index (κ1) is 12.8. The molecule has 0 rings (SSSR count). The fourth-order valence-electron chi connectivity index (χ4n) is 0.643. The number of hydrogen-bond acceptors (Lipinski definition) is 3. The molecule has 14 heavy (non-hydrogen) atoms. The van der Waals surface area contributed by atoms with Crippen LogP contribution in [0.25, 0.3) is 0 Å². The van der Waals surface area contributed by atoms with Crippen molar-refractivity contribution in [3.8, 4) is 0 Å². The van der Waals surface area contributed by atoms with Crippen LogP contribution in [-0.2, 0) is 14.3 Å². The predicted octanol–water partition coefficient (Wildman–Crippen LogP) is 0.873. The summed E-state index contributed by atoms with van der Waals surface area (Å²) in [5.41, 5.74) is 0. The molecule has 0 aliphatic carbocycles. The lowest BCUT2D eigenvalue weighted by Crippen LogP contribution is -2.33. The smallest absolute Gasteiger partial charge is 0.377 e. The van der Waals surface area contributed by atoms with E-state index in [4.69, 9.17) is 0 Å². The van der Waals surface area contributed by atoms with Crippen molar-refractivity contribution in [2.24, 2.45) is 0 Å². The third-order valence-electron chi connectivity index (χ3n) is 1.24. The zero-order valence-corrected chi connectivity index (χ0v) is 7.97. The molecule has 0 aliphatic rings. The number of halogens is 2. The van der Waals surface area contributed by atoms with E-state index >= 15 is 0 Å². The van der Waals surface area contributed by atoms with Gasteiger partial charge in [0.05, 0.1) is 13.2 Å². The molecule has 0 saturated carbocycles. The Morgan fingerprint density at radius 2 is 2.07 bits per heavy atom. The standard InChI is InChI=1S/C8H12F2NO3/c1-3-14-7(13)8(9,10)4-5-11-6(2)12/h5H,3-4H2,1-2H3,(H,11,12). The van der Waals surface area contributed by atoms with Crippen LogP contribution in [0.4, 0.5) is 8.78 Å². The molecule has 0 unspecified atom stereocenters. The molecule has 0 atom stereocenters. The summed E-state index contributed by atoms with van der Waals surface area (Å²) in [4.78, 5) is 21.0. The Morgan fingerprint density at radius 1 is 1.50 bits per heavy atom. The third kappa shape index (κ3) is 4.74. The zero-order valence-electron chi connectivity index (χ0n) is 7.97. The highest BCUT2D eigenvalue weighted by molar-refractivity contribution is 5.78. The minimum Gasteiger partial charge on any atom is -0.462 e. The second kappa shape index (κ2) is 5.51. The van der Waals surface area contributed by atoms with Crippen molar-refractivity contribution in [2.45, 2.75) is 26.2 Å². The number of hydrogen-bond donors (Lipinski definition) is 1. The highest BCUT2D eigenvalue weighted by Gasteiger charge is 2.39. The first-order valence-corrected chi connectivity index (χ1v) is 4.04. The van der Waals surface area contributed by atoms with Gasteiger partial charge in [0.2, 0.25) is 5.91 Å². The van der Waals surface area contributed by atoms with Crippen LogP contribution in [0.5, 0.6) is 0 Å². The van der Waals surface area contributed by atoms with Crippen LogP contribution >= 0.6 is 0 Å².